The number of carbonyl (C=O) groups excluding carboxylic acids is 1. The van der Waals surface area contributed by atoms with Gasteiger partial charge in [0.2, 0.25) is 0 Å². The maximum Gasteiger partial charge on any atom is 0.268 e. The van der Waals surface area contributed by atoms with Gasteiger partial charge in [0.05, 0.1) is 12.8 Å². The predicted molar refractivity (Wildman–Crippen MR) is 92.2 cm³/mol. The van der Waals surface area contributed by atoms with E-state index in [4.69, 9.17) is 9.15 Å². The molecule has 2 aromatic carbocycles. The van der Waals surface area contributed by atoms with Crippen LogP contribution in [0.5, 0.6) is 5.75 Å². The van der Waals surface area contributed by atoms with Crippen LogP contribution in [0.4, 0.5) is 5.69 Å². The van der Waals surface area contributed by atoms with Crippen LogP contribution in [0.2, 0.25) is 0 Å². The van der Waals surface area contributed by atoms with E-state index in [2.05, 4.69) is 26.4 Å². The Labute approximate surface area is 145 Å². The predicted octanol–water partition coefficient (Wildman–Crippen LogP) is 3.75. The Morgan fingerprint density at radius 2 is 2.04 bits per heavy atom. The molecule has 0 unspecified atom stereocenters. The molecule has 2 N–H and O–H groups in total. The molecule has 3 rings (SSSR count). The molecule has 3 aromatic rings. The topological polar surface area (TPSA) is 84.1 Å². The number of fused-ring (bicyclic) bond motifs is 1. The number of halogens is 1. The minimum absolute atomic E-state index is 0.106. The van der Waals surface area contributed by atoms with E-state index < -0.39 is 5.91 Å². The highest BCUT2D eigenvalue weighted by molar-refractivity contribution is 9.10. The van der Waals surface area contributed by atoms with E-state index in [1.165, 1.54) is 7.11 Å². The molecule has 0 saturated carbocycles. The summed E-state index contributed by atoms with van der Waals surface area (Å²) < 4.78 is 11.5. The van der Waals surface area contributed by atoms with Gasteiger partial charge in [0.25, 0.3) is 11.5 Å². The number of hydrogen-bond acceptors (Lipinski definition) is 5. The van der Waals surface area contributed by atoms with Crippen LogP contribution >= 0.6 is 15.9 Å². The first-order valence-corrected chi connectivity index (χ1v) is 7.78. The molecule has 0 aliphatic rings. The average molecular weight is 389 g/mol. The summed E-state index contributed by atoms with van der Waals surface area (Å²) in [5.74, 6) is 0.0262. The first-order valence-electron chi connectivity index (χ1n) is 6.99. The van der Waals surface area contributed by atoms with Gasteiger partial charge >= 0.3 is 0 Å². The lowest BCUT2D eigenvalue weighted by molar-refractivity contribution is 0.102. The number of para-hydroxylation sites is 2. The molecule has 0 atom stereocenters. The highest BCUT2D eigenvalue weighted by Gasteiger charge is 2.15. The van der Waals surface area contributed by atoms with Gasteiger partial charge in [-0.1, -0.05) is 24.3 Å². The smallest absolute Gasteiger partial charge is 0.268 e. The molecule has 0 saturated heterocycles. The molecule has 0 radical (unpaired) electrons. The number of nitrogens with one attached hydrogen (secondary N) is 1. The Hall–Kier alpha value is -2.80. The molecule has 0 bridgehead atoms. The molecule has 0 fully saturated rings. The largest absolute Gasteiger partial charge is 0.493 e. The zero-order valence-electron chi connectivity index (χ0n) is 12.6. The molecular weight excluding hydrogens is 376 g/mol. The Bertz CT molecular complexity index is 982. The van der Waals surface area contributed by atoms with Gasteiger partial charge in [-0.25, -0.2) is 0 Å². The highest BCUT2D eigenvalue weighted by Crippen LogP contribution is 2.25. The van der Waals surface area contributed by atoms with Crippen molar-refractivity contribution in [3.05, 3.63) is 64.1 Å². The van der Waals surface area contributed by atoms with Crippen molar-refractivity contribution in [2.45, 2.75) is 0 Å². The van der Waals surface area contributed by atoms with Crippen molar-refractivity contribution in [1.29, 1.82) is 0 Å². The quantitative estimate of drug-likeness (QED) is 0.528. The van der Waals surface area contributed by atoms with Crippen molar-refractivity contribution >= 4 is 38.5 Å². The summed E-state index contributed by atoms with van der Waals surface area (Å²) in [5.41, 5.74) is 0.896. The fourth-order valence-electron chi connectivity index (χ4n) is 2.27. The van der Waals surface area contributed by atoms with Crippen LogP contribution in [0.1, 0.15) is 10.4 Å². The molecular formula is C17H13BrN2O4. The van der Waals surface area contributed by atoms with Crippen molar-refractivity contribution in [1.82, 2.24) is 0 Å². The van der Waals surface area contributed by atoms with E-state index >= 15 is 0 Å². The zero-order valence-corrected chi connectivity index (χ0v) is 14.2. The summed E-state index contributed by atoms with van der Waals surface area (Å²) in [4.78, 5) is 12.5. The van der Waals surface area contributed by atoms with Gasteiger partial charge < -0.3 is 19.7 Å². The van der Waals surface area contributed by atoms with Crippen molar-refractivity contribution in [3.8, 4) is 5.75 Å². The maximum atomic E-state index is 12.5. The number of rotatable bonds is 3. The van der Waals surface area contributed by atoms with Crippen LogP contribution in [0.25, 0.3) is 11.0 Å². The molecule has 1 amide bonds. The lowest BCUT2D eigenvalue weighted by Crippen LogP contribution is -2.22. The van der Waals surface area contributed by atoms with Gasteiger partial charge in [0.15, 0.2) is 11.3 Å². The number of nitrogens with zero attached hydrogens (tertiary/aromatic N) is 1. The van der Waals surface area contributed by atoms with Crippen molar-refractivity contribution < 1.29 is 19.2 Å². The van der Waals surface area contributed by atoms with Gasteiger partial charge in [-0.3, -0.25) is 4.79 Å². The third-order valence-electron chi connectivity index (χ3n) is 3.42. The summed E-state index contributed by atoms with van der Waals surface area (Å²) >= 11 is 3.36. The van der Waals surface area contributed by atoms with Gasteiger partial charge in [-0.05, 0) is 45.4 Å². The van der Waals surface area contributed by atoms with E-state index in [0.717, 1.165) is 4.47 Å². The number of amides is 1. The monoisotopic (exact) mass is 388 g/mol. The van der Waals surface area contributed by atoms with Crippen LogP contribution in [-0.4, -0.2) is 18.2 Å². The van der Waals surface area contributed by atoms with Crippen LogP contribution in [0.15, 0.2) is 62.6 Å². The number of ether oxygens (including phenoxy) is 1. The van der Waals surface area contributed by atoms with Crippen molar-refractivity contribution in [2.24, 2.45) is 5.16 Å². The fraction of sp³-hybridized carbons (Fsp3) is 0.0588. The first kappa shape index (κ1) is 16.1. The Kier molecular flexibility index (Phi) is 4.52. The molecule has 7 heteroatoms. The minimum atomic E-state index is -0.455. The number of anilines is 1. The summed E-state index contributed by atoms with van der Waals surface area (Å²) in [7, 11) is 1.51. The van der Waals surface area contributed by atoms with Crippen LogP contribution in [-0.2, 0) is 0 Å². The Morgan fingerprint density at radius 3 is 2.75 bits per heavy atom. The number of benzene rings is 2. The average Bonchev–Trinajstić information content (AvgIpc) is 2.61. The van der Waals surface area contributed by atoms with Gasteiger partial charge in [-0.15, -0.1) is 0 Å². The van der Waals surface area contributed by atoms with E-state index in [1.54, 1.807) is 36.4 Å². The molecule has 122 valence electrons. The van der Waals surface area contributed by atoms with Gasteiger partial charge in [0.1, 0.15) is 5.56 Å². The van der Waals surface area contributed by atoms with E-state index in [-0.39, 0.29) is 11.1 Å². The zero-order chi connectivity index (χ0) is 17.1. The molecule has 1 heterocycles. The second-order valence-corrected chi connectivity index (χ2v) is 5.73. The lowest BCUT2D eigenvalue weighted by atomic mass is 10.1. The highest BCUT2D eigenvalue weighted by atomic mass is 79.9. The van der Waals surface area contributed by atoms with Crippen LogP contribution in [0, 0.1) is 0 Å². The van der Waals surface area contributed by atoms with E-state index in [9.17, 15) is 10.0 Å². The minimum Gasteiger partial charge on any atom is -0.493 e. The molecule has 0 aliphatic heterocycles. The normalized spacial score (nSPS) is 11.5. The Morgan fingerprint density at radius 1 is 1.25 bits per heavy atom. The summed E-state index contributed by atoms with van der Waals surface area (Å²) in [6.07, 6.45) is 0. The number of hydrogen-bond donors (Lipinski definition) is 2. The number of methoxy groups -OCH3 is 1. The SMILES string of the molecule is COc1cccc2cc(C(=O)Nc3ccccc3Br)/c(=N/O)oc12. The number of carbonyl (C=O) groups is 1. The summed E-state index contributed by atoms with van der Waals surface area (Å²) in [5, 5.41) is 15.7. The third kappa shape index (κ3) is 2.98. The van der Waals surface area contributed by atoms with Crippen molar-refractivity contribution in [3.63, 3.8) is 0 Å². The molecule has 24 heavy (non-hydrogen) atoms. The van der Waals surface area contributed by atoms with Crippen molar-refractivity contribution in [2.75, 3.05) is 12.4 Å². The van der Waals surface area contributed by atoms with Gasteiger partial charge in [0, 0.05) is 9.86 Å². The van der Waals surface area contributed by atoms with E-state index in [0.29, 0.717) is 22.4 Å². The Balaban J connectivity index is 2.09. The summed E-state index contributed by atoms with van der Waals surface area (Å²) in [6, 6.07) is 14.1. The molecule has 1 aromatic heterocycles. The fourth-order valence-corrected chi connectivity index (χ4v) is 2.66. The summed E-state index contributed by atoms with van der Waals surface area (Å²) in [6.45, 7) is 0. The molecule has 6 nitrogen and oxygen atoms in total. The second kappa shape index (κ2) is 6.76. The molecule has 0 aliphatic carbocycles. The second-order valence-electron chi connectivity index (χ2n) is 4.88. The standard InChI is InChI=1S/C17H13BrN2O4/c1-23-14-8-4-5-10-9-11(17(20-22)24-15(10)14)16(21)19-13-7-3-2-6-12(13)18/h2-9,22H,1H3,(H,19,21)/b20-17-. The first-order chi connectivity index (χ1) is 11.6. The van der Waals surface area contributed by atoms with Crippen LogP contribution < -0.4 is 15.6 Å². The van der Waals surface area contributed by atoms with E-state index in [1.807, 2.05) is 12.1 Å². The van der Waals surface area contributed by atoms with Gasteiger partial charge in [-0.2, -0.15) is 0 Å². The molecule has 0 spiro atoms. The lowest BCUT2D eigenvalue weighted by Gasteiger charge is -2.09. The van der Waals surface area contributed by atoms with Crippen LogP contribution in [0.3, 0.4) is 0 Å². The maximum absolute atomic E-state index is 12.5. The third-order valence-corrected chi connectivity index (χ3v) is 4.11.